The van der Waals surface area contributed by atoms with Gasteiger partial charge >= 0.3 is 5.97 Å². The number of aromatic carboxylic acids is 1. The van der Waals surface area contributed by atoms with Gasteiger partial charge in [-0.15, -0.1) is 0 Å². The van der Waals surface area contributed by atoms with Crippen LogP contribution in [0.2, 0.25) is 0 Å². The van der Waals surface area contributed by atoms with Gasteiger partial charge in [-0.25, -0.2) is 4.79 Å². The first-order valence-electron chi connectivity index (χ1n) is 5.86. The highest BCUT2D eigenvalue weighted by atomic mass is 79.9. The van der Waals surface area contributed by atoms with Crippen molar-refractivity contribution in [1.29, 1.82) is 0 Å². The third kappa shape index (κ3) is 3.83. The number of ether oxygens (including phenoxy) is 1. The maximum atomic E-state index is 11.0. The Morgan fingerprint density at radius 2 is 1.89 bits per heavy atom. The van der Waals surface area contributed by atoms with E-state index in [9.17, 15) is 4.79 Å². The van der Waals surface area contributed by atoms with Crippen molar-refractivity contribution in [3.8, 4) is 5.75 Å². The monoisotopic (exact) mass is 320 g/mol. The van der Waals surface area contributed by atoms with Crippen LogP contribution >= 0.6 is 15.9 Å². The van der Waals surface area contributed by atoms with Gasteiger partial charge in [0.15, 0.2) is 0 Å². The Bertz CT molecular complexity index is 567. The molecule has 0 radical (unpaired) electrons. The molecule has 0 aliphatic carbocycles. The Balaban J connectivity index is 1.97. The number of hydrogen-bond acceptors (Lipinski definition) is 2. The van der Waals surface area contributed by atoms with Crippen LogP contribution in [0.4, 0.5) is 0 Å². The van der Waals surface area contributed by atoms with Crippen LogP contribution < -0.4 is 4.74 Å². The third-order valence-electron chi connectivity index (χ3n) is 2.67. The molecule has 0 bridgehead atoms. The van der Waals surface area contributed by atoms with E-state index in [-0.39, 0.29) is 5.56 Å². The minimum absolute atomic E-state index is 0.206. The van der Waals surface area contributed by atoms with Crippen molar-refractivity contribution in [2.24, 2.45) is 0 Å². The maximum absolute atomic E-state index is 11.0. The normalized spacial score (nSPS) is 10.2. The van der Waals surface area contributed by atoms with Crippen LogP contribution in [0.1, 0.15) is 15.9 Å². The molecule has 0 saturated heterocycles. The Morgan fingerprint density at radius 3 is 2.58 bits per heavy atom. The summed E-state index contributed by atoms with van der Waals surface area (Å²) in [6.07, 6.45) is 0.791. The fraction of sp³-hybridized carbons (Fsp3) is 0.133. The lowest BCUT2D eigenvalue weighted by Crippen LogP contribution is -2.03. The smallest absolute Gasteiger partial charge is 0.336 e. The van der Waals surface area contributed by atoms with E-state index >= 15 is 0 Å². The molecule has 98 valence electrons. The molecule has 0 saturated carbocycles. The summed E-state index contributed by atoms with van der Waals surface area (Å²) in [5, 5.41) is 9.01. The summed E-state index contributed by atoms with van der Waals surface area (Å²) in [7, 11) is 0. The van der Waals surface area contributed by atoms with Crippen molar-refractivity contribution in [2.75, 3.05) is 6.61 Å². The summed E-state index contributed by atoms with van der Waals surface area (Å²) in [6, 6.07) is 15.0. The fourth-order valence-electron chi connectivity index (χ4n) is 1.69. The predicted molar refractivity (Wildman–Crippen MR) is 76.7 cm³/mol. The molecule has 0 aliphatic rings. The Morgan fingerprint density at radius 1 is 1.16 bits per heavy atom. The largest absolute Gasteiger partial charge is 0.493 e. The standard InChI is InChI=1S/C15H13BrO3/c16-14-7-6-12(10-13(14)15(17)18)19-9-8-11-4-2-1-3-5-11/h1-7,10H,8-9H2,(H,17,18). The molecule has 19 heavy (non-hydrogen) atoms. The molecule has 0 aliphatic heterocycles. The lowest BCUT2D eigenvalue weighted by molar-refractivity contribution is 0.0695. The van der Waals surface area contributed by atoms with E-state index in [1.807, 2.05) is 30.3 Å². The van der Waals surface area contributed by atoms with Crippen molar-refractivity contribution >= 4 is 21.9 Å². The highest BCUT2D eigenvalue weighted by molar-refractivity contribution is 9.10. The minimum Gasteiger partial charge on any atom is -0.493 e. The molecule has 0 unspecified atom stereocenters. The van der Waals surface area contributed by atoms with E-state index in [0.717, 1.165) is 6.42 Å². The first-order valence-corrected chi connectivity index (χ1v) is 6.65. The number of rotatable bonds is 5. The summed E-state index contributed by atoms with van der Waals surface area (Å²) < 4.78 is 6.12. The SMILES string of the molecule is O=C(O)c1cc(OCCc2ccccc2)ccc1Br. The van der Waals surface area contributed by atoms with Crippen molar-refractivity contribution < 1.29 is 14.6 Å². The fourth-order valence-corrected chi connectivity index (χ4v) is 2.11. The van der Waals surface area contributed by atoms with Crippen LogP contribution in [-0.4, -0.2) is 17.7 Å². The summed E-state index contributed by atoms with van der Waals surface area (Å²) in [6.45, 7) is 0.519. The van der Waals surface area contributed by atoms with Crippen LogP contribution in [0.15, 0.2) is 53.0 Å². The lowest BCUT2D eigenvalue weighted by atomic mass is 10.2. The second-order valence-electron chi connectivity index (χ2n) is 4.03. The van der Waals surface area contributed by atoms with Crippen LogP contribution in [0.3, 0.4) is 0 Å². The van der Waals surface area contributed by atoms with Crippen LogP contribution in [0.5, 0.6) is 5.75 Å². The number of benzene rings is 2. The number of carboxylic acid groups (broad SMARTS) is 1. The number of hydrogen-bond donors (Lipinski definition) is 1. The van der Waals surface area contributed by atoms with Gasteiger partial charge in [-0.3, -0.25) is 0 Å². The third-order valence-corrected chi connectivity index (χ3v) is 3.36. The van der Waals surface area contributed by atoms with Gasteiger partial charge in [0.1, 0.15) is 5.75 Å². The molecular weight excluding hydrogens is 308 g/mol. The average molecular weight is 321 g/mol. The van der Waals surface area contributed by atoms with Gasteiger partial charge in [0.05, 0.1) is 12.2 Å². The number of carbonyl (C=O) groups is 1. The van der Waals surface area contributed by atoms with Crippen LogP contribution in [0.25, 0.3) is 0 Å². The zero-order valence-electron chi connectivity index (χ0n) is 10.2. The summed E-state index contributed by atoms with van der Waals surface area (Å²) in [4.78, 5) is 11.0. The zero-order valence-corrected chi connectivity index (χ0v) is 11.8. The quantitative estimate of drug-likeness (QED) is 0.912. The summed E-state index contributed by atoms with van der Waals surface area (Å²) in [5.41, 5.74) is 1.40. The Kier molecular flexibility index (Phi) is 4.58. The van der Waals surface area contributed by atoms with E-state index < -0.39 is 5.97 Å². The van der Waals surface area contributed by atoms with Gasteiger partial charge in [0, 0.05) is 10.9 Å². The van der Waals surface area contributed by atoms with E-state index in [1.54, 1.807) is 12.1 Å². The molecule has 0 atom stereocenters. The van der Waals surface area contributed by atoms with E-state index in [2.05, 4.69) is 15.9 Å². The first kappa shape index (κ1) is 13.6. The predicted octanol–water partition coefficient (Wildman–Crippen LogP) is 3.77. The number of carboxylic acids is 1. The molecule has 2 aromatic carbocycles. The van der Waals surface area contributed by atoms with Gasteiger partial charge < -0.3 is 9.84 Å². The van der Waals surface area contributed by atoms with Crippen molar-refractivity contribution in [2.45, 2.75) is 6.42 Å². The highest BCUT2D eigenvalue weighted by Crippen LogP contribution is 2.22. The molecule has 1 N–H and O–H groups in total. The topological polar surface area (TPSA) is 46.5 Å². The van der Waals surface area contributed by atoms with E-state index in [4.69, 9.17) is 9.84 Å². The molecule has 0 spiro atoms. The second-order valence-corrected chi connectivity index (χ2v) is 4.89. The molecule has 0 fully saturated rings. The molecule has 0 aromatic heterocycles. The second kappa shape index (κ2) is 6.38. The molecular formula is C15H13BrO3. The molecule has 0 amide bonds. The van der Waals surface area contributed by atoms with E-state index in [1.165, 1.54) is 11.6 Å². The van der Waals surface area contributed by atoms with Crippen LogP contribution in [0, 0.1) is 0 Å². The zero-order chi connectivity index (χ0) is 13.7. The average Bonchev–Trinajstić information content (AvgIpc) is 2.41. The van der Waals surface area contributed by atoms with Gasteiger partial charge in [-0.2, -0.15) is 0 Å². The van der Waals surface area contributed by atoms with Crippen molar-refractivity contribution in [3.63, 3.8) is 0 Å². The number of halogens is 1. The lowest BCUT2D eigenvalue weighted by Gasteiger charge is -2.08. The summed E-state index contributed by atoms with van der Waals surface area (Å²) >= 11 is 3.20. The van der Waals surface area contributed by atoms with Crippen molar-refractivity contribution in [1.82, 2.24) is 0 Å². The first-order chi connectivity index (χ1) is 9.16. The Hall–Kier alpha value is -1.81. The molecule has 0 heterocycles. The van der Waals surface area contributed by atoms with Crippen molar-refractivity contribution in [3.05, 3.63) is 64.1 Å². The minimum atomic E-state index is -0.972. The van der Waals surface area contributed by atoms with Gasteiger partial charge in [-0.05, 0) is 39.7 Å². The van der Waals surface area contributed by atoms with Gasteiger partial charge in [0.2, 0.25) is 0 Å². The van der Waals surface area contributed by atoms with Crippen LogP contribution in [-0.2, 0) is 6.42 Å². The molecule has 2 rings (SSSR count). The molecule has 4 heteroatoms. The molecule has 3 nitrogen and oxygen atoms in total. The van der Waals surface area contributed by atoms with Gasteiger partial charge in [-0.1, -0.05) is 30.3 Å². The highest BCUT2D eigenvalue weighted by Gasteiger charge is 2.09. The summed E-state index contributed by atoms with van der Waals surface area (Å²) in [5.74, 6) is -0.406. The van der Waals surface area contributed by atoms with E-state index in [0.29, 0.717) is 16.8 Å². The van der Waals surface area contributed by atoms with Gasteiger partial charge in [0.25, 0.3) is 0 Å². The Labute approximate surface area is 120 Å². The molecule has 2 aromatic rings. The maximum Gasteiger partial charge on any atom is 0.336 e.